The first kappa shape index (κ1) is 11.0. The van der Waals surface area contributed by atoms with Gasteiger partial charge in [-0.3, -0.25) is 4.79 Å². The zero-order chi connectivity index (χ0) is 10.6. The fraction of sp³-hybridized carbons (Fsp3) is 0.300. The molecule has 4 heteroatoms. The minimum Gasteiger partial charge on any atom is -0.492 e. The maximum atomic E-state index is 11.3. The number of carbonyl (C=O) groups is 1. The van der Waals surface area contributed by atoms with Crippen molar-refractivity contribution in [1.29, 1.82) is 0 Å². The van der Waals surface area contributed by atoms with Gasteiger partial charge < -0.3 is 10.5 Å². The van der Waals surface area contributed by atoms with E-state index in [1.54, 1.807) is 18.2 Å². The first-order chi connectivity index (χ1) is 6.69. The van der Waals surface area contributed by atoms with Gasteiger partial charge in [0.15, 0.2) is 5.78 Å². The van der Waals surface area contributed by atoms with Crippen LogP contribution in [0.2, 0.25) is 5.02 Å². The van der Waals surface area contributed by atoms with Crippen molar-refractivity contribution < 1.29 is 9.53 Å². The van der Waals surface area contributed by atoms with Crippen LogP contribution in [0.4, 0.5) is 0 Å². The summed E-state index contributed by atoms with van der Waals surface area (Å²) in [7, 11) is 0. The number of hydrogen-bond donors (Lipinski definition) is 1. The Morgan fingerprint density at radius 3 is 2.86 bits per heavy atom. The fourth-order valence-corrected chi connectivity index (χ4v) is 1.23. The van der Waals surface area contributed by atoms with Crippen LogP contribution in [-0.2, 0) is 0 Å². The molecule has 2 N–H and O–H groups in total. The van der Waals surface area contributed by atoms with E-state index in [4.69, 9.17) is 22.1 Å². The van der Waals surface area contributed by atoms with Gasteiger partial charge in [-0.15, -0.1) is 0 Å². The summed E-state index contributed by atoms with van der Waals surface area (Å²) in [6, 6.07) is 4.89. The second-order valence-electron chi connectivity index (χ2n) is 2.71. The van der Waals surface area contributed by atoms with Crippen LogP contribution >= 0.6 is 11.6 Å². The van der Waals surface area contributed by atoms with Crippen LogP contribution in [0.3, 0.4) is 0 Å². The number of benzene rings is 1. The molecule has 0 unspecified atom stereocenters. The summed E-state index contributed by atoms with van der Waals surface area (Å²) in [6.07, 6.45) is 0. The largest absolute Gasteiger partial charge is 0.492 e. The summed E-state index contributed by atoms with van der Waals surface area (Å²) in [5.41, 5.74) is 5.77. The summed E-state index contributed by atoms with van der Waals surface area (Å²) in [5, 5.41) is 0.500. The van der Waals surface area contributed by atoms with E-state index >= 15 is 0 Å². The zero-order valence-electron chi connectivity index (χ0n) is 7.92. The molecule has 0 saturated heterocycles. The Labute approximate surface area is 87.8 Å². The topological polar surface area (TPSA) is 52.3 Å². The molecule has 0 fully saturated rings. The van der Waals surface area contributed by atoms with Gasteiger partial charge in [0.1, 0.15) is 5.75 Å². The number of rotatable bonds is 4. The van der Waals surface area contributed by atoms with Crippen molar-refractivity contribution in [3.63, 3.8) is 0 Å². The SMILES string of the molecule is CCOc1cc(C(=O)CN)ccc1Cl. The summed E-state index contributed by atoms with van der Waals surface area (Å²) >= 11 is 5.86. The van der Waals surface area contributed by atoms with Crippen molar-refractivity contribution in [3.8, 4) is 5.75 Å². The smallest absolute Gasteiger partial charge is 0.176 e. The van der Waals surface area contributed by atoms with Crippen molar-refractivity contribution in [2.75, 3.05) is 13.2 Å². The average Bonchev–Trinajstić information content (AvgIpc) is 2.20. The van der Waals surface area contributed by atoms with E-state index in [2.05, 4.69) is 0 Å². The molecule has 76 valence electrons. The molecule has 0 saturated carbocycles. The lowest BCUT2D eigenvalue weighted by Gasteiger charge is -2.06. The van der Waals surface area contributed by atoms with Gasteiger partial charge in [0, 0.05) is 5.56 Å². The lowest BCUT2D eigenvalue weighted by atomic mass is 10.1. The molecule has 0 aliphatic carbocycles. The molecule has 1 aromatic rings. The Morgan fingerprint density at radius 2 is 2.29 bits per heavy atom. The van der Waals surface area contributed by atoms with E-state index in [9.17, 15) is 4.79 Å². The molecular weight excluding hydrogens is 202 g/mol. The zero-order valence-corrected chi connectivity index (χ0v) is 8.67. The third-order valence-corrected chi connectivity index (χ3v) is 2.05. The van der Waals surface area contributed by atoms with Crippen LogP contribution in [0.5, 0.6) is 5.75 Å². The van der Waals surface area contributed by atoms with Gasteiger partial charge in [-0.2, -0.15) is 0 Å². The maximum absolute atomic E-state index is 11.3. The van der Waals surface area contributed by atoms with E-state index in [0.717, 1.165) is 0 Å². The van der Waals surface area contributed by atoms with Gasteiger partial charge in [-0.1, -0.05) is 11.6 Å². The van der Waals surface area contributed by atoms with Gasteiger partial charge in [-0.25, -0.2) is 0 Å². The van der Waals surface area contributed by atoms with Crippen LogP contribution in [0.15, 0.2) is 18.2 Å². The molecule has 0 radical (unpaired) electrons. The molecule has 0 aliphatic rings. The number of halogens is 1. The lowest BCUT2D eigenvalue weighted by molar-refractivity contribution is 0.100. The van der Waals surface area contributed by atoms with Crippen LogP contribution in [0.1, 0.15) is 17.3 Å². The highest BCUT2D eigenvalue weighted by Gasteiger charge is 2.07. The van der Waals surface area contributed by atoms with E-state index in [-0.39, 0.29) is 12.3 Å². The molecule has 0 aliphatic heterocycles. The summed E-state index contributed by atoms with van der Waals surface area (Å²) in [4.78, 5) is 11.3. The highest BCUT2D eigenvalue weighted by molar-refractivity contribution is 6.32. The lowest BCUT2D eigenvalue weighted by Crippen LogP contribution is -2.13. The third kappa shape index (κ3) is 2.47. The number of ether oxygens (including phenoxy) is 1. The highest BCUT2D eigenvalue weighted by atomic mass is 35.5. The van der Waals surface area contributed by atoms with Crippen molar-refractivity contribution in [2.45, 2.75) is 6.92 Å². The van der Waals surface area contributed by atoms with Gasteiger partial charge in [0.25, 0.3) is 0 Å². The predicted molar refractivity (Wildman–Crippen MR) is 56.0 cm³/mol. The Hall–Kier alpha value is -1.06. The minimum atomic E-state index is -0.123. The van der Waals surface area contributed by atoms with Crippen molar-refractivity contribution in [3.05, 3.63) is 28.8 Å². The summed E-state index contributed by atoms with van der Waals surface area (Å²) < 4.78 is 5.25. The third-order valence-electron chi connectivity index (χ3n) is 1.74. The Bertz CT molecular complexity index is 339. The van der Waals surface area contributed by atoms with Gasteiger partial charge >= 0.3 is 0 Å². The first-order valence-electron chi connectivity index (χ1n) is 4.34. The fourth-order valence-electron chi connectivity index (χ4n) is 1.06. The molecule has 0 amide bonds. The predicted octanol–water partition coefficient (Wildman–Crippen LogP) is 1.88. The molecule has 0 bridgehead atoms. The number of hydrogen-bond acceptors (Lipinski definition) is 3. The number of Topliss-reactive ketones (excluding diaryl/α,β-unsaturated/α-hetero) is 1. The number of carbonyl (C=O) groups excluding carboxylic acids is 1. The highest BCUT2D eigenvalue weighted by Crippen LogP contribution is 2.25. The molecule has 0 aromatic heterocycles. The maximum Gasteiger partial charge on any atom is 0.176 e. The minimum absolute atomic E-state index is 0.00675. The second-order valence-corrected chi connectivity index (χ2v) is 3.11. The average molecular weight is 214 g/mol. The normalized spacial score (nSPS) is 9.93. The molecule has 0 heterocycles. The molecule has 1 rings (SSSR count). The Morgan fingerprint density at radius 1 is 1.57 bits per heavy atom. The van der Waals surface area contributed by atoms with E-state index in [1.807, 2.05) is 6.92 Å². The van der Waals surface area contributed by atoms with Crippen LogP contribution in [0.25, 0.3) is 0 Å². The summed E-state index contributed by atoms with van der Waals surface area (Å²) in [5.74, 6) is 0.399. The Kier molecular flexibility index (Phi) is 3.92. The molecule has 0 atom stereocenters. The molecule has 0 spiro atoms. The molecule has 1 aromatic carbocycles. The number of nitrogens with two attached hydrogens (primary N) is 1. The Balaban J connectivity index is 2.99. The van der Waals surface area contributed by atoms with E-state index < -0.39 is 0 Å². The van der Waals surface area contributed by atoms with Gasteiger partial charge in [-0.05, 0) is 25.1 Å². The molecular formula is C10H12ClNO2. The van der Waals surface area contributed by atoms with E-state index in [1.165, 1.54) is 0 Å². The van der Waals surface area contributed by atoms with Crippen LogP contribution in [-0.4, -0.2) is 18.9 Å². The van der Waals surface area contributed by atoms with E-state index in [0.29, 0.717) is 22.9 Å². The molecule has 3 nitrogen and oxygen atoms in total. The van der Waals surface area contributed by atoms with Crippen molar-refractivity contribution >= 4 is 17.4 Å². The monoisotopic (exact) mass is 213 g/mol. The first-order valence-corrected chi connectivity index (χ1v) is 4.72. The summed E-state index contributed by atoms with van der Waals surface area (Å²) in [6.45, 7) is 2.36. The van der Waals surface area contributed by atoms with Gasteiger partial charge in [0.05, 0.1) is 18.2 Å². The van der Waals surface area contributed by atoms with Crippen LogP contribution in [0, 0.1) is 0 Å². The van der Waals surface area contributed by atoms with Crippen LogP contribution < -0.4 is 10.5 Å². The van der Waals surface area contributed by atoms with Gasteiger partial charge in [0.2, 0.25) is 0 Å². The quantitative estimate of drug-likeness (QED) is 0.777. The molecule has 14 heavy (non-hydrogen) atoms. The second kappa shape index (κ2) is 4.98. The number of ketones is 1. The van der Waals surface area contributed by atoms with Crippen molar-refractivity contribution in [2.24, 2.45) is 5.73 Å². The van der Waals surface area contributed by atoms with Crippen molar-refractivity contribution in [1.82, 2.24) is 0 Å². The standard InChI is InChI=1S/C10H12ClNO2/c1-2-14-10-5-7(9(13)6-12)3-4-8(10)11/h3-5H,2,6,12H2,1H3.